The van der Waals surface area contributed by atoms with E-state index in [0.717, 1.165) is 31.6 Å². The van der Waals surface area contributed by atoms with Crippen LogP contribution in [0.25, 0.3) is 28.2 Å². The molecular weight excluding hydrogens is 527 g/mol. The number of alkyl halides is 3. The molecule has 4 aromatic rings. The normalized spacial score (nSPS) is 15.9. The summed E-state index contributed by atoms with van der Waals surface area (Å²) in [5, 5.41) is 14.2. The van der Waals surface area contributed by atoms with Crippen LogP contribution < -0.4 is 14.4 Å². The number of hydrogen-bond donors (Lipinski definition) is 1. The fourth-order valence-electron chi connectivity index (χ4n) is 4.92. The van der Waals surface area contributed by atoms with Gasteiger partial charge in [-0.1, -0.05) is 29.4 Å². The van der Waals surface area contributed by atoms with Crippen molar-refractivity contribution in [2.24, 2.45) is 5.92 Å². The van der Waals surface area contributed by atoms with E-state index in [1.807, 2.05) is 24.3 Å². The number of benzene rings is 2. The number of pyridine rings is 1. The number of ether oxygens (including phenoxy) is 2. The Kier molecular flexibility index (Phi) is 6.36. The van der Waals surface area contributed by atoms with Crippen LogP contribution in [0.3, 0.4) is 0 Å². The molecule has 1 aliphatic carbocycles. The summed E-state index contributed by atoms with van der Waals surface area (Å²) >= 11 is 0. The van der Waals surface area contributed by atoms with Crippen molar-refractivity contribution in [3.63, 3.8) is 0 Å². The van der Waals surface area contributed by atoms with E-state index in [4.69, 9.17) is 9.26 Å². The van der Waals surface area contributed by atoms with Crippen LogP contribution in [0.4, 0.5) is 18.9 Å². The Labute approximate surface area is 226 Å². The molecule has 3 heterocycles. The number of rotatable bonds is 8. The van der Waals surface area contributed by atoms with Crippen LogP contribution in [0.1, 0.15) is 40.6 Å². The second kappa shape index (κ2) is 9.89. The first-order chi connectivity index (χ1) is 19.2. The number of nitrogens with zero attached hydrogens (tertiary/aromatic N) is 3. The molecule has 0 atom stereocenters. The van der Waals surface area contributed by atoms with Crippen molar-refractivity contribution in [3.05, 3.63) is 71.6 Å². The molecule has 0 radical (unpaired) electrons. The van der Waals surface area contributed by atoms with Crippen molar-refractivity contribution in [1.82, 2.24) is 10.1 Å². The van der Waals surface area contributed by atoms with Crippen LogP contribution in [0.15, 0.2) is 59.1 Å². The molecule has 2 fully saturated rings. The zero-order valence-corrected chi connectivity index (χ0v) is 21.3. The molecule has 1 saturated heterocycles. The van der Waals surface area contributed by atoms with Gasteiger partial charge in [-0.15, -0.1) is 13.2 Å². The lowest BCUT2D eigenvalue weighted by atomic mass is 9.95. The van der Waals surface area contributed by atoms with Gasteiger partial charge in [-0.25, -0.2) is 9.78 Å². The Hall–Kier alpha value is -4.54. The molecular formula is C29H24F3N3O5. The summed E-state index contributed by atoms with van der Waals surface area (Å²) in [7, 11) is 1.49. The topological polar surface area (TPSA) is 97.9 Å². The minimum absolute atomic E-state index is 0.0856. The van der Waals surface area contributed by atoms with E-state index in [0.29, 0.717) is 33.7 Å². The van der Waals surface area contributed by atoms with Crippen LogP contribution >= 0.6 is 0 Å². The maximum absolute atomic E-state index is 13.0. The second-order valence-electron chi connectivity index (χ2n) is 9.87. The lowest BCUT2D eigenvalue weighted by molar-refractivity contribution is -0.274. The lowest BCUT2D eigenvalue weighted by Crippen LogP contribution is -2.45. The first-order valence-electron chi connectivity index (χ1n) is 12.7. The van der Waals surface area contributed by atoms with Gasteiger partial charge in [0, 0.05) is 53.2 Å². The zero-order chi connectivity index (χ0) is 28.0. The van der Waals surface area contributed by atoms with Crippen molar-refractivity contribution >= 4 is 28.6 Å². The highest BCUT2D eigenvalue weighted by molar-refractivity contribution is 5.94. The third kappa shape index (κ3) is 5.06. The van der Waals surface area contributed by atoms with Crippen molar-refractivity contribution in [3.8, 4) is 22.8 Å². The quantitative estimate of drug-likeness (QED) is 0.264. The van der Waals surface area contributed by atoms with Gasteiger partial charge < -0.3 is 24.0 Å². The lowest BCUT2D eigenvalue weighted by Gasteiger charge is -2.39. The third-order valence-corrected chi connectivity index (χ3v) is 7.08. The molecule has 2 aromatic heterocycles. The molecule has 0 unspecified atom stereocenters. The molecule has 6 rings (SSSR count). The molecule has 2 aliphatic rings. The van der Waals surface area contributed by atoms with E-state index in [2.05, 4.69) is 19.8 Å². The zero-order valence-electron chi connectivity index (χ0n) is 21.3. The summed E-state index contributed by atoms with van der Waals surface area (Å²) in [5.74, 6) is 0.0623. The third-order valence-electron chi connectivity index (χ3n) is 7.08. The van der Waals surface area contributed by atoms with Gasteiger partial charge in [0.25, 0.3) is 0 Å². The summed E-state index contributed by atoms with van der Waals surface area (Å²) in [5.41, 5.74) is 2.61. The van der Waals surface area contributed by atoms with E-state index in [-0.39, 0.29) is 28.8 Å². The number of methoxy groups -OCH3 is 1. The Morgan fingerprint density at radius 1 is 1.12 bits per heavy atom. The number of aromatic carboxylic acids is 1. The van der Waals surface area contributed by atoms with Crippen LogP contribution in [0.5, 0.6) is 11.5 Å². The van der Waals surface area contributed by atoms with Gasteiger partial charge in [0.1, 0.15) is 23.0 Å². The monoisotopic (exact) mass is 551 g/mol. The predicted molar refractivity (Wildman–Crippen MR) is 141 cm³/mol. The summed E-state index contributed by atoms with van der Waals surface area (Å²) in [4.78, 5) is 17.7. The molecule has 1 aliphatic heterocycles. The average Bonchev–Trinajstić information content (AvgIpc) is 3.66. The van der Waals surface area contributed by atoms with E-state index < -0.39 is 12.3 Å². The number of para-hydroxylation sites is 1. The van der Waals surface area contributed by atoms with E-state index in [1.54, 1.807) is 18.2 Å². The Bertz CT molecular complexity index is 1620. The fraction of sp³-hybridized carbons (Fsp3) is 0.276. The largest absolute Gasteiger partial charge is 0.573 e. The van der Waals surface area contributed by atoms with Crippen molar-refractivity contribution in [2.45, 2.75) is 25.1 Å². The van der Waals surface area contributed by atoms with Crippen LogP contribution in [0, 0.1) is 5.92 Å². The molecule has 206 valence electrons. The molecule has 11 heteroatoms. The number of carboxylic acid groups (broad SMARTS) is 1. The van der Waals surface area contributed by atoms with Gasteiger partial charge in [-0.05, 0) is 43.2 Å². The Morgan fingerprint density at radius 2 is 1.90 bits per heavy atom. The Balaban J connectivity index is 1.23. The first-order valence-corrected chi connectivity index (χ1v) is 12.7. The molecule has 1 saturated carbocycles. The molecule has 2 aromatic carbocycles. The predicted octanol–water partition coefficient (Wildman–Crippen LogP) is 6.52. The average molecular weight is 552 g/mol. The van der Waals surface area contributed by atoms with Gasteiger partial charge >= 0.3 is 12.3 Å². The van der Waals surface area contributed by atoms with Crippen molar-refractivity contribution in [2.75, 3.05) is 25.1 Å². The number of carboxylic acids is 1. The highest BCUT2D eigenvalue weighted by Gasteiger charge is 2.35. The maximum Gasteiger partial charge on any atom is 0.573 e. The van der Waals surface area contributed by atoms with Gasteiger partial charge in [0.05, 0.1) is 12.6 Å². The number of carbonyl (C=O) groups is 1. The van der Waals surface area contributed by atoms with Crippen LogP contribution in [0.2, 0.25) is 0 Å². The number of hydrogen-bond acceptors (Lipinski definition) is 7. The molecule has 0 amide bonds. The smallest absolute Gasteiger partial charge is 0.496 e. The summed E-state index contributed by atoms with van der Waals surface area (Å²) in [6.45, 7) is 1.44. The summed E-state index contributed by atoms with van der Waals surface area (Å²) < 4.78 is 54.4. The van der Waals surface area contributed by atoms with E-state index >= 15 is 0 Å². The van der Waals surface area contributed by atoms with Crippen LogP contribution in [-0.2, 0) is 0 Å². The minimum Gasteiger partial charge on any atom is -0.496 e. The molecule has 0 spiro atoms. The van der Waals surface area contributed by atoms with Gasteiger partial charge in [-0.3, -0.25) is 0 Å². The van der Waals surface area contributed by atoms with Gasteiger partial charge in [0.15, 0.2) is 5.69 Å². The van der Waals surface area contributed by atoms with Crippen molar-refractivity contribution in [1.29, 1.82) is 0 Å². The molecule has 0 bridgehead atoms. The van der Waals surface area contributed by atoms with Crippen LogP contribution in [-0.4, -0.2) is 47.8 Å². The standard InChI is InChI=1S/C29H24F3N3O5/c1-38-25-13-23(28(36)37)33-22-11-9-18(12-21(22)25)35-14-16(15-35)6-10-20-26(34-40-27(20)17-7-8-17)19-4-2-3-5-24(19)39-29(30,31)32/h2-6,9-13,16-17H,7-8,14-15H2,1H3,(H,36,37)/b10-6+. The SMILES string of the molecule is COc1cc(C(=O)O)nc2ccc(N3CC(/C=C/c4c(-c5ccccc5OC(F)(F)F)noc4C4CC4)C3)cc12. The highest BCUT2D eigenvalue weighted by Crippen LogP contribution is 2.46. The molecule has 40 heavy (non-hydrogen) atoms. The van der Waals surface area contributed by atoms with Gasteiger partial charge in [-0.2, -0.15) is 0 Å². The number of anilines is 1. The van der Waals surface area contributed by atoms with Gasteiger partial charge in [0.2, 0.25) is 0 Å². The Morgan fingerprint density at radius 3 is 2.60 bits per heavy atom. The van der Waals surface area contributed by atoms with Crippen molar-refractivity contribution < 1.29 is 37.1 Å². The number of fused-ring (bicyclic) bond motifs is 1. The summed E-state index contributed by atoms with van der Waals surface area (Å²) in [6.07, 6.45) is 0.996. The number of aromatic nitrogens is 2. The maximum atomic E-state index is 13.0. The molecule has 1 N–H and O–H groups in total. The fourth-order valence-corrected chi connectivity index (χ4v) is 4.92. The van der Waals surface area contributed by atoms with E-state index in [9.17, 15) is 23.1 Å². The number of halogens is 3. The molecule has 8 nitrogen and oxygen atoms in total. The minimum atomic E-state index is -4.83. The van der Waals surface area contributed by atoms with E-state index in [1.165, 1.54) is 25.3 Å². The second-order valence-corrected chi connectivity index (χ2v) is 9.87. The first kappa shape index (κ1) is 25.7. The summed E-state index contributed by atoms with van der Waals surface area (Å²) in [6, 6.07) is 12.9. The highest BCUT2D eigenvalue weighted by atomic mass is 19.4.